The van der Waals surface area contributed by atoms with Crippen molar-refractivity contribution in [1.29, 1.82) is 0 Å². The van der Waals surface area contributed by atoms with E-state index in [0.29, 0.717) is 24.8 Å². The van der Waals surface area contributed by atoms with E-state index in [1.54, 1.807) is 12.1 Å². The van der Waals surface area contributed by atoms with E-state index in [0.717, 1.165) is 35.5 Å². The number of carbonyl (C=O) groups excluding carboxylic acids is 6. The molecule has 2 aromatic carbocycles. The molecule has 0 aromatic heterocycles. The lowest BCUT2D eigenvalue weighted by atomic mass is 9.94. The molecule has 3 rings (SSSR count). The first-order chi connectivity index (χ1) is 31.0. The number of phenols is 2. The molecule has 1 heterocycles. The van der Waals surface area contributed by atoms with Crippen LogP contribution in [0.2, 0.25) is 0 Å². The smallest absolute Gasteiger partial charge is 0.326 e. The summed E-state index contributed by atoms with van der Waals surface area (Å²) in [5.74, 6) is -6.48. The molecule has 360 valence electrons. The Morgan fingerprint density at radius 3 is 1.94 bits per heavy atom. The highest BCUT2D eigenvalue weighted by atomic mass is 16.4. The van der Waals surface area contributed by atoms with Crippen LogP contribution < -0.4 is 27.0 Å². The molecule has 0 fully saturated rings. The van der Waals surface area contributed by atoms with Gasteiger partial charge in [-0.1, -0.05) is 96.1 Å². The molecule has 4 bridgehead atoms. The van der Waals surface area contributed by atoms with Crippen molar-refractivity contribution in [1.82, 2.24) is 31.1 Å². The molecule has 0 saturated heterocycles. The van der Waals surface area contributed by atoms with Crippen molar-refractivity contribution in [2.45, 2.75) is 153 Å². The summed E-state index contributed by atoms with van der Waals surface area (Å²) in [6.07, 6.45) is 14.2. The van der Waals surface area contributed by atoms with Crippen LogP contribution in [0.5, 0.6) is 11.5 Å². The average molecular weight is 910 g/mol. The van der Waals surface area contributed by atoms with E-state index in [2.05, 4.69) is 28.2 Å². The Hall–Kier alpha value is -5.75. The number of nitrogens with zero attached hydrogens (tertiary/aromatic N) is 2. The van der Waals surface area contributed by atoms with E-state index in [4.69, 9.17) is 5.73 Å². The maximum absolute atomic E-state index is 14.0. The van der Waals surface area contributed by atoms with Crippen LogP contribution in [0, 0.1) is 0 Å². The summed E-state index contributed by atoms with van der Waals surface area (Å²) < 4.78 is 0. The SMILES string of the molecule is CCCCCCCCCCCCCCCC(=O)N(C)[C@H](CO)C(=O)N[C@H](N)C(=O)NCC(=O)N(C)[C@@H]1C(=O)N[C@@H](C)C(=O)N[C@H](C(=O)O)CCCc2ccc(O)c(c2)-c2cc1ccc2O. The number of benzene rings is 2. The third-order valence-corrected chi connectivity index (χ3v) is 11.9. The first-order valence-electron chi connectivity index (χ1n) is 22.9. The van der Waals surface area contributed by atoms with Gasteiger partial charge in [0, 0.05) is 31.6 Å². The van der Waals surface area contributed by atoms with Crippen molar-refractivity contribution in [2.75, 3.05) is 27.2 Å². The number of carboxylic acid groups (broad SMARTS) is 1. The summed E-state index contributed by atoms with van der Waals surface area (Å²) in [7, 11) is 2.64. The quantitative estimate of drug-likeness (QED) is 0.0573. The van der Waals surface area contributed by atoms with Gasteiger partial charge in [0.05, 0.1) is 13.2 Å². The predicted molar refractivity (Wildman–Crippen MR) is 244 cm³/mol. The Kier molecular flexibility index (Phi) is 22.7. The first kappa shape index (κ1) is 53.6. The number of hydrogen-bond acceptors (Lipinski definition) is 11. The summed E-state index contributed by atoms with van der Waals surface area (Å²) in [5, 5.41) is 51.1. The maximum Gasteiger partial charge on any atom is 0.326 e. The Balaban J connectivity index is 1.63. The molecule has 6 amide bonds. The number of fused-ring (bicyclic) bond motifs is 5. The van der Waals surface area contributed by atoms with Gasteiger partial charge in [0.25, 0.3) is 5.91 Å². The van der Waals surface area contributed by atoms with Crippen LogP contribution in [-0.4, -0.2) is 123 Å². The molecule has 18 nitrogen and oxygen atoms in total. The summed E-state index contributed by atoms with van der Waals surface area (Å²) in [6.45, 7) is 2.09. The van der Waals surface area contributed by atoms with E-state index in [1.165, 1.54) is 96.7 Å². The van der Waals surface area contributed by atoms with Crippen molar-refractivity contribution in [2.24, 2.45) is 5.73 Å². The molecular formula is C47H71N7O11. The van der Waals surface area contributed by atoms with Gasteiger partial charge < -0.3 is 57.2 Å². The van der Waals surface area contributed by atoms with E-state index in [9.17, 15) is 54.0 Å². The molecule has 0 saturated carbocycles. The van der Waals surface area contributed by atoms with Gasteiger partial charge in [0.1, 0.15) is 35.7 Å². The van der Waals surface area contributed by atoms with Gasteiger partial charge in [-0.15, -0.1) is 0 Å². The van der Waals surface area contributed by atoms with E-state index >= 15 is 0 Å². The van der Waals surface area contributed by atoms with Crippen LogP contribution in [0.15, 0.2) is 36.4 Å². The number of rotatable bonds is 23. The number of aryl methyl sites for hydroxylation is 1. The third-order valence-electron chi connectivity index (χ3n) is 11.9. The number of unbranched alkanes of at least 4 members (excludes halogenated alkanes) is 12. The lowest BCUT2D eigenvalue weighted by Gasteiger charge is -2.30. The predicted octanol–water partition coefficient (Wildman–Crippen LogP) is 3.49. The lowest BCUT2D eigenvalue weighted by molar-refractivity contribution is -0.143. The second-order valence-electron chi connectivity index (χ2n) is 17.0. The molecule has 5 atom stereocenters. The molecule has 1 aliphatic heterocycles. The number of carboxylic acids is 1. The number of likely N-dealkylation sites (N-methyl/N-ethyl adjacent to an activating group) is 2. The van der Waals surface area contributed by atoms with Gasteiger partial charge in [-0.25, -0.2) is 4.79 Å². The van der Waals surface area contributed by atoms with Crippen LogP contribution in [0.1, 0.15) is 134 Å². The Morgan fingerprint density at radius 2 is 1.35 bits per heavy atom. The van der Waals surface area contributed by atoms with E-state index in [1.807, 2.05) is 0 Å². The number of aliphatic hydroxyl groups excluding tert-OH is 1. The fourth-order valence-electron chi connectivity index (χ4n) is 7.75. The van der Waals surface area contributed by atoms with Gasteiger partial charge in [-0.05, 0) is 68.0 Å². The zero-order valence-electron chi connectivity index (χ0n) is 38.4. The number of phenolic OH excluding ortho intramolecular Hbond substituents is 2. The van der Waals surface area contributed by atoms with Crippen molar-refractivity contribution in [3.05, 3.63) is 47.5 Å². The molecule has 18 heteroatoms. The van der Waals surface area contributed by atoms with Crippen LogP contribution in [0.3, 0.4) is 0 Å². The second kappa shape index (κ2) is 27.5. The fourth-order valence-corrected chi connectivity index (χ4v) is 7.75. The highest BCUT2D eigenvalue weighted by Gasteiger charge is 2.34. The summed E-state index contributed by atoms with van der Waals surface area (Å²) in [6, 6.07) is 3.32. The van der Waals surface area contributed by atoms with Crippen LogP contribution in [0.25, 0.3) is 11.1 Å². The minimum Gasteiger partial charge on any atom is -0.507 e. The number of hydrogen-bond donors (Lipinski definition) is 9. The number of carbonyl (C=O) groups is 7. The highest BCUT2D eigenvalue weighted by molar-refractivity contribution is 5.96. The molecule has 2 aromatic rings. The molecule has 0 spiro atoms. The Labute approximate surface area is 382 Å². The van der Waals surface area contributed by atoms with Crippen LogP contribution in [-0.2, 0) is 40.0 Å². The lowest BCUT2D eigenvalue weighted by Crippen LogP contribution is -2.59. The number of aromatic hydroxyl groups is 2. The maximum atomic E-state index is 14.0. The molecule has 1 aliphatic rings. The van der Waals surface area contributed by atoms with Crippen LogP contribution >= 0.6 is 0 Å². The minimum absolute atomic E-state index is 0.0515. The van der Waals surface area contributed by atoms with Gasteiger partial charge >= 0.3 is 5.97 Å². The monoisotopic (exact) mass is 910 g/mol. The second-order valence-corrected chi connectivity index (χ2v) is 17.0. The molecule has 0 aliphatic carbocycles. The van der Waals surface area contributed by atoms with Crippen molar-refractivity contribution in [3.63, 3.8) is 0 Å². The first-order valence-corrected chi connectivity index (χ1v) is 22.9. The molecule has 0 radical (unpaired) electrons. The molecular weight excluding hydrogens is 839 g/mol. The van der Waals surface area contributed by atoms with Gasteiger partial charge in [-0.3, -0.25) is 28.8 Å². The molecule has 65 heavy (non-hydrogen) atoms. The Morgan fingerprint density at radius 1 is 0.785 bits per heavy atom. The summed E-state index contributed by atoms with van der Waals surface area (Å²) >= 11 is 0. The normalized spacial score (nSPS) is 17.5. The number of nitrogens with two attached hydrogens (primary N) is 1. The van der Waals surface area contributed by atoms with E-state index in [-0.39, 0.29) is 46.9 Å². The van der Waals surface area contributed by atoms with Crippen molar-refractivity contribution in [3.8, 4) is 22.6 Å². The van der Waals surface area contributed by atoms with Gasteiger partial charge in [-0.2, -0.15) is 0 Å². The largest absolute Gasteiger partial charge is 0.507 e. The Bertz CT molecular complexity index is 1930. The van der Waals surface area contributed by atoms with Crippen molar-refractivity contribution < 1.29 is 54.0 Å². The van der Waals surface area contributed by atoms with Crippen molar-refractivity contribution >= 4 is 41.4 Å². The topological polar surface area (TPSA) is 281 Å². The molecule has 0 unspecified atom stereocenters. The number of aliphatic carboxylic acids is 1. The van der Waals surface area contributed by atoms with E-state index < -0.39 is 79.0 Å². The number of aliphatic hydroxyl groups is 1. The molecule has 10 N–H and O–H groups in total. The third kappa shape index (κ3) is 17.0. The average Bonchev–Trinajstić information content (AvgIpc) is 3.27. The fraction of sp³-hybridized carbons (Fsp3) is 0.596. The number of nitrogens with one attached hydrogen (secondary N) is 4. The van der Waals surface area contributed by atoms with Gasteiger partial charge in [0.2, 0.25) is 29.5 Å². The number of amides is 6. The summed E-state index contributed by atoms with van der Waals surface area (Å²) in [4.78, 5) is 93.9. The zero-order chi connectivity index (χ0) is 48.1. The minimum atomic E-state index is -1.71. The highest BCUT2D eigenvalue weighted by Crippen LogP contribution is 2.38. The zero-order valence-corrected chi connectivity index (χ0v) is 38.4. The van der Waals surface area contributed by atoms with Crippen LogP contribution in [0.4, 0.5) is 0 Å². The standard InChI is InChI=1S/C47H71N7O11/c1-5-6-7-8-9-10-11-12-13-14-15-16-17-21-39(58)53(3)36(29-55)44(61)52-42(48)46(63)49-28-40(59)54(4)41-32-23-25-38(57)34(27-32)33-26-31(22-24-37(33)56)19-18-20-35(47(64)65)51-43(60)30(2)50-45(41)62/h22-27,30,35-36,41-42,55-57H,5-21,28-29,48H2,1-4H3,(H,49,63)(H,50,62)(H,51,60)(H,52,61)(H,64,65)/t30-,35-,36+,41-,42-/m0/s1. The summed E-state index contributed by atoms with van der Waals surface area (Å²) in [5.41, 5.74) is 7.11. The van der Waals surface area contributed by atoms with Gasteiger partial charge in [0.15, 0.2) is 6.17 Å².